The highest BCUT2D eigenvalue weighted by Crippen LogP contribution is 2.24. The quantitative estimate of drug-likeness (QED) is 0.781. The second-order valence-electron chi connectivity index (χ2n) is 5.13. The van der Waals surface area contributed by atoms with Crippen molar-refractivity contribution in [1.29, 1.82) is 0 Å². The van der Waals surface area contributed by atoms with Gasteiger partial charge in [-0.1, -0.05) is 0 Å². The van der Waals surface area contributed by atoms with Crippen molar-refractivity contribution in [2.24, 2.45) is 7.05 Å². The Balaban J connectivity index is 2.19. The number of amides is 2. The van der Waals surface area contributed by atoms with Crippen molar-refractivity contribution in [2.45, 2.75) is 18.9 Å². The zero-order valence-corrected chi connectivity index (χ0v) is 11.8. The van der Waals surface area contributed by atoms with Gasteiger partial charge in [0.1, 0.15) is 6.04 Å². The molecule has 1 unspecified atom stereocenters. The molecule has 0 saturated carbocycles. The summed E-state index contributed by atoms with van der Waals surface area (Å²) in [6.07, 6.45) is 0.589. The fourth-order valence-corrected chi connectivity index (χ4v) is 2.75. The second-order valence-corrected chi connectivity index (χ2v) is 5.13. The first kappa shape index (κ1) is 13.4. The first-order valence-corrected chi connectivity index (χ1v) is 6.75. The fourth-order valence-electron chi connectivity index (χ4n) is 2.75. The molecule has 2 amide bonds. The van der Waals surface area contributed by atoms with E-state index in [4.69, 9.17) is 0 Å². The Morgan fingerprint density at radius 2 is 2.00 bits per heavy atom. The van der Waals surface area contributed by atoms with Gasteiger partial charge in [-0.25, -0.2) is 4.79 Å². The smallest absolute Gasteiger partial charge is 0.329 e. The largest absolute Gasteiger partial charge is 0.388 e. The first-order valence-electron chi connectivity index (χ1n) is 6.75. The Bertz CT molecular complexity index is 802. The summed E-state index contributed by atoms with van der Waals surface area (Å²) >= 11 is 0. The molecule has 1 fully saturated rings. The summed E-state index contributed by atoms with van der Waals surface area (Å²) in [4.78, 5) is 35.7. The molecule has 2 N–H and O–H groups in total. The van der Waals surface area contributed by atoms with Crippen LogP contribution in [0.1, 0.15) is 18.9 Å². The van der Waals surface area contributed by atoms with Crippen LogP contribution >= 0.6 is 0 Å². The average Bonchev–Trinajstić information content (AvgIpc) is 2.71. The Morgan fingerprint density at radius 3 is 2.67 bits per heavy atom. The monoisotopic (exact) mass is 288 g/mol. The van der Waals surface area contributed by atoms with Crippen molar-refractivity contribution in [2.75, 3.05) is 12.4 Å². The van der Waals surface area contributed by atoms with Crippen LogP contribution in [0.3, 0.4) is 0 Å². The lowest BCUT2D eigenvalue weighted by atomic mass is 10.1. The van der Waals surface area contributed by atoms with Crippen LogP contribution in [0.25, 0.3) is 11.0 Å². The molecule has 1 aromatic heterocycles. The number of rotatable bonds is 2. The van der Waals surface area contributed by atoms with Gasteiger partial charge in [0.15, 0.2) is 0 Å². The molecule has 7 heteroatoms. The minimum Gasteiger partial charge on any atom is -0.388 e. The van der Waals surface area contributed by atoms with Gasteiger partial charge >= 0.3 is 5.69 Å². The van der Waals surface area contributed by atoms with E-state index in [2.05, 4.69) is 10.6 Å². The Morgan fingerprint density at radius 1 is 1.24 bits per heavy atom. The molecule has 1 aliphatic heterocycles. The summed E-state index contributed by atoms with van der Waals surface area (Å²) < 4.78 is 2.98. The summed E-state index contributed by atoms with van der Waals surface area (Å²) in [5, 5.41) is 5.31. The van der Waals surface area contributed by atoms with Crippen LogP contribution in [0.4, 0.5) is 5.69 Å². The third-order valence-corrected chi connectivity index (χ3v) is 3.90. The normalized spacial score (nSPS) is 18.9. The van der Waals surface area contributed by atoms with Gasteiger partial charge in [-0.05, 0) is 24.6 Å². The summed E-state index contributed by atoms with van der Waals surface area (Å²) in [5.74, 6) is -0.708. The number of benzene rings is 1. The number of hydrogen-bond acceptors (Lipinski definition) is 4. The number of aryl methyl sites for hydroxylation is 1. The van der Waals surface area contributed by atoms with Crippen molar-refractivity contribution in [3.05, 3.63) is 28.7 Å². The Labute approximate surface area is 120 Å². The molecule has 0 radical (unpaired) electrons. The first-order chi connectivity index (χ1) is 10.0. The van der Waals surface area contributed by atoms with E-state index >= 15 is 0 Å². The summed E-state index contributed by atoms with van der Waals surface area (Å²) in [6, 6.07) is 4.88. The predicted molar refractivity (Wildman–Crippen MR) is 78.1 cm³/mol. The highest BCUT2D eigenvalue weighted by molar-refractivity contribution is 6.00. The molecule has 2 aromatic rings. The number of anilines is 1. The average molecular weight is 288 g/mol. The molecule has 7 nitrogen and oxygen atoms in total. The van der Waals surface area contributed by atoms with E-state index in [0.717, 1.165) is 11.2 Å². The van der Waals surface area contributed by atoms with Gasteiger partial charge in [-0.3, -0.25) is 24.0 Å². The number of hydrogen-bond donors (Lipinski definition) is 2. The lowest BCUT2D eigenvalue weighted by Crippen LogP contribution is -2.44. The highest BCUT2D eigenvalue weighted by Gasteiger charge is 2.31. The maximum atomic E-state index is 12.5. The van der Waals surface area contributed by atoms with Crippen LogP contribution in [0.5, 0.6) is 0 Å². The number of imidazole rings is 1. The Hall–Kier alpha value is -2.57. The predicted octanol–water partition coefficient (Wildman–Crippen LogP) is 0.359. The van der Waals surface area contributed by atoms with E-state index in [1.807, 2.05) is 18.2 Å². The number of nitrogens with one attached hydrogen (secondary N) is 2. The number of piperidine rings is 1. The third-order valence-electron chi connectivity index (χ3n) is 3.90. The molecular formula is C14H16N4O3. The number of nitrogens with zero attached hydrogens (tertiary/aromatic N) is 2. The Kier molecular flexibility index (Phi) is 3.04. The molecule has 0 spiro atoms. The zero-order valence-electron chi connectivity index (χ0n) is 11.8. The SMILES string of the molecule is CNc1ccc2c(c1)n(C)c(=O)n2C1CCC(=O)NC1=O. The van der Waals surface area contributed by atoms with Crippen LogP contribution in [-0.2, 0) is 16.6 Å². The molecule has 1 atom stereocenters. The second kappa shape index (κ2) is 4.76. The maximum Gasteiger partial charge on any atom is 0.329 e. The van der Waals surface area contributed by atoms with Crippen LogP contribution < -0.4 is 16.3 Å². The van der Waals surface area contributed by atoms with Crippen molar-refractivity contribution in [1.82, 2.24) is 14.5 Å². The van der Waals surface area contributed by atoms with Gasteiger partial charge in [0.2, 0.25) is 11.8 Å². The van der Waals surface area contributed by atoms with Crippen LogP contribution in [0, 0.1) is 0 Å². The molecule has 0 aliphatic carbocycles. The van der Waals surface area contributed by atoms with E-state index in [-0.39, 0.29) is 18.0 Å². The van der Waals surface area contributed by atoms with Gasteiger partial charge in [0.25, 0.3) is 0 Å². The lowest BCUT2D eigenvalue weighted by molar-refractivity contribution is -0.135. The van der Waals surface area contributed by atoms with E-state index in [1.54, 1.807) is 14.1 Å². The minimum atomic E-state index is -0.640. The highest BCUT2D eigenvalue weighted by atomic mass is 16.2. The van der Waals surface area contributed by atoms with Crippen molar-refractivity contribution < 1.29 is 9.59 Å². The van der Waals surface area contributed by atoms with Gasteiger partial charge in [0.05, 0.1) is 11.0 Å². The summed E-state index contributed by atoms with van der Waals surface area (Å²) in [6.45, 7) is 0. The van der Waals surface area contributed by atoms with Gasteiger partial charge in [-0.15, -0.1) is 0 Å². The van der Waals surface area contributed by atoms with Gasteiger partial charge in [-0.2, -0.15) is 0 Å². The van der Waals surface area contributed by atoms with E-state index in [1.165, 1.54) is 9.13 Å². The number of imide groups is 1. The van der Waals surface area contributed by atoms with Crippen LogP contribution in [-0.4, -0.2) is 28.0 Å². The third kappa shape index (κ3) is 2.01. The molecule has 21 heavy (non-hydrogen) atoms. The van der Waals surface area contributed by atoms with E-state index in [0.29, 0.717) is 11.9 Å². The molecule has 3 rings (SSSR count). The lowest BCUT2D eigenvalue weighted by Gasteiger charge is -2.21. The minimum absolute atomic E-state index is 0.244. The number of fused-ring (bicyclic) bond motifs is 1. The molecular weight excluding hydrogens is 272 g/mol. The standard InChI is InChI=1S/C14H16N4O3/c1-15-8-3-4-9-11(7-8)17(2)14(21)18(9)10-5-6-12(19)16-13(10)20/h3-4,7,10,15H,5-6H2,1-2H3,(H,16,19,20). The van der Waals surface area contributed by atoms with Crippen molar-refractivity contribution in [3.8, 4) is 0 Å². The van der Waals surface area contributed by atoms with E-state index < -0.39 is 11.9 Å². The maximum absolute atomic E-state index is 12.5. The molecule has 0 bridgehead atoms. The molecule has 1 aliphatic rings. The molecule has 2 heterocycles. The van der Waals surface area contributed by atoms with Gasteiger partial charge < -0.3 is 5.32 Å². The van der Waals surface area contributed by atoms with Crippen LogP contribution in [0.15, 0.2) is 23.0 Å². The molecule has 1 saturated heterocycles. The summed E-state index contributed by atoms with van der Waals surface area (Å²) in [7, 11) is 3.48. The topological polar surface area (TPSA) is 85.1 Å². The number of carbonyl (C=O) groups excluding carboxylic acids is 2. The molecule has 1 aromatic carbocycles. The van der Waals surface area contributed by atoms with Crippen molar-refractivity contribution >= 4 is 28.5 Å². The summed E-state index contributed by atoms with van der Waals surface area (Å²) in [5.41, 5.74) is 2.07. The zero-order chi connectivity index (χ0) is 15.1. The van der Waals surface area contributed by atoms with Crippen molar-refractivity contribution in [3.63, 3.8) is 0 Å². The van der Waals surface area contributed by atoms with E-state index in [9.17, 15) is 14.4 Å². The van der Waals surface area contributed by atoms with Gasteiger partial charge in [0, 0.05) is 26.2 Å². The fraction of sp³-hybridized carbons (Fsp3) is 0.357. The number of aromatic nitrogens is 2. The number of carbonyl (C=O) groups is 2. The molecule has 110 valence electrons. The van der Waals surface area contributed by atoms with Crippen LogP contribution in [0.2, 0.25) is 0 Å².